The summed E-state index contributed by atoms with van der Waals surface area (Å²) in [6, 6.07) is 4.85. The van der Waals surface area contributed by atoms with Crippen LogP contribution in [0.25, 0.3) is 0 Å². The minimum atomic E-state index is -0.370. The fraction of sp³-hybridized carbons (Fsp3) is 0.562. The molecule has 1 aromatic rings. The number of carbonyl (C=O) groups is 1. The Morgan fingerprint density at radius 1 is 1.40 bits per heavy atom. The number of amides is 1. The van der Waals surface area contributed by atoms with Gasteiger partial charge in [-0.25, -0.2) is 4.39 Å². The van der Waals surface area contributed by atoms with Gasteiger partial charge in [-0.2, -0.15) is 0 Å². The van der Waals surface area contributed by atoms with Crippen LogP contribution in [0.3, 0.4) is 0 Å². The van der Waals surface area contributed by atoms with Crippen molar-refractivity contribution in [2.45, 2.75) is 45.6 Å². The summed E-state index contributed by atoms with van der Waals surface area (Å²) in [4.78, 5) is 12.4. The first kappa shape index (κ1) is 14.8. The zero-order valence-electron chi connectivity index (χ0n) is 12.2. The summed E-state index contributed by atoms with van der Waals surface area (Å²) in [5.74, 6) is -0.0491. The van der Waals surface area contributed by atoms with Gasteiger partial charge in [-0.15, -0.1) is 0 Å². The molecule has 2 N–H and O–H groups in total. The second kappa shape index (κ2) is 6.73. The van der Waals surface area contributed by atoms with E-state index in [1.807, 2.05) is 6.92 Å². The third-order valence-electron chi connectivity index (χ3n) is 3.99. The normalized spacial score (nSPS) is 21.8. The number of benzene rings is 1. The van der Waals surface area contributed by atoms with Gasteiger partial charge < -0.3 is 10.6 Å². The van der Waals surface area contributed by atoms with Gasteiger partial charge in [0, 0.05) is 12.6 Å². The smallest absolute Gasteiger partial charge is 0.253 e. The SMILES string of the molecule is CCCNc1c(F)cccc1C(=O)NC1CCCC1C. The van der Waals surface area contributed by atoms with E-state index in [0.29, 0.717) is 23.7 Å². The minimum absolute atomic E-state index is 0.179. The molecule has 0 aliphatic heterocycles. The first-order valence-corrected chi connectivity index (χ1v) is 7.46. The average molecular weight is 278 g/mol. The van der Waals surface area contributed by atoms with E-state index in [9.17, 15) is 9.18 Å². The number of para-hydroxylation sites is 1. The Kier molecular flexibility index (Phi) is 4.99. The van der Waals surface area contributed by atoms with E-state index in [0.717, 1.165) is 25.7 Å². The molecule has 0 spiro atoms. The van der Waals surface area contributed by atoms with Gasteiger partial charge in [-0.05, 0) is 37.3 Å². The zero-order valence-corrected chi connectivity index (χ0v) is 12.2. The number of anilines is 1. The summed E-state index contributed by atoms with van der Waals surface area (Å²) in [7, 11) is 0. The van der Waals surface area contributed by atoms with Crippen molar-refractivity contribution in [2.75, 3.05) is 11.9 Å². The lowest BCUT2D eigenvalue weighted by molar-refractivity contribution is 0.0930. The Labute approximate surface area is 120 Å². The van der Waals surface area contributed by atoms with Crippen LogP contribution in [0.4, 0.5) is 10.1 Å². The average Bonchev–Trinajstić information content (AvgIpc) is 2.82. The first-order chi connectivity index (χ1) is 9.63. The van der Waals surface area contributed by atoms with Crippen LogP contribution in [-0.2, 0) is 0 Å². The maximum Gasteiger partial charge on any atom is 0.253 e. The first-order valence-electron chi connectivity index (χ1n) is 7.46. The van der Waals surface area contributed by atoms with E-state index in [1.165, 1.54) is 6.07 Å². The Hall–Kier alpha value is -1.58. The number of halogens is 1. The molecule has 3 nitrogen and oxygen atoms in total. The lowest BCUT2D eigenvalue weighted by Crippen LogP contribution is -2.36. The van der Waals surface area contributed by atoms with E-state index < -0.39 is 0 Å². The predicted molar refractivity (Wildman–Crippen MR) is 79.4 cm³/mol. The molecule has 0 aromatic heterocycles. The Balaban J connectivity index is 2.14. The fourth-order valence-corrected chi connectivity index (χ4v) is 2.75. The molecular formula is C16H23FN2O. The molecule has 1 amide bonds. The van der Waals surface area contributed by atoms with Crippen LogP contribution in [0.1, 0.15) is 49.9 Å². The van der Waals surface area contributed by atoms with Gasteiger partial charge in [-0.1, -0.05) is 26.3 Å². The summed E-state index contributed by atoms with van der Waals surface area (Å²) >= 11 is 0. The molecule has 20 heavy (non-hydrogen) atoms. The van der Waals surface area contributed by atoms with Crippen molar-refractivity contribution in [3.63, 3.8) is 0 Å². The molecule has 2 unspecified atom stereocenters. The van der Waals surface area contributed by atoms with E-state index in [1.54, 1.807) is 12.1 Å². The topological polar surface area (TPSA) is 41.1 Å². The molecule has 1 fully saturated rings. The third-order valence-corrected chi connectivity index (χ3v) is 3.99. The summed E-state index contributed by atoms with van der Waals surface area (Å²) in [5, 5.41) is 6.06. The molecule has 1 aromatic carbocycles. The van der Waals surface area contributed by atoms with Gasteiger partial charge >= 0.3 is 0 Å². The highest BCUT2D eigenvalue weighted by molar-refractivity contribution is 5.99. The number of carbonyl (C=O) groups excluding carboxylic acids is 1. The molecular weight excluding hydrogens is 255 g/mol. The van der Waals surface area contributed by atoms with E-state index in [4.69, 9.17) is 0 Å². The summed E-state index contributed by atoms with van der Waals surface area (Å²) in [5.41, 5.74) is 0.718. The lowest BCUT2D eigenvalue weighted by Gasteiger charge is -2.19. The maximum absolute atomic E-state index is 13.9. The van der Waals surface area contributed by atoms with Gasteiger partial charge in [0.05, 0.1) is 11.3 Å². The van der Waals surface area contributed by atoms with Gasteiger partial charge in [-0.3, -0.25) is 4.79 Å². The summed E-state index contributed by atoms with van der Waals surface area (Å²) in [6.07, 6.45) is 4.19. The van der Waals surface area contributed by atoms with Gasteiger partial charge in [0.2, 0.25) is 0 Å². The monoisotopic (exact) mass is 278 g/mol. The van der Waals surface area contributed by atoms with E-state index in [-0.39, 0.29) is 17.8 Å². The molecule has 1 saturated carbocycles. The molecule has 1 aliphatic rings. The molecule has 2 atom stereocenters. The van der Waals surface area contributed by atoms with Gasteiger partial charge in [0.15, 0.2) is 0 Å². The second-order valence-electron chi connectivity index (χ2n) is 5.58. The Bertz CT molecular complexity index is 476. The molecule has 2 rings (SSSR count). The lowest BCUT2D eigenvalue weighted by atomic mass is 10.1. The standard InChI is InChI=1S/C16H23FN2O/c1-3-10-18-15-12(7-5-8-13(15)17)16(20)19-14-9-4-6-11(14)2/h5,7-8,11,14,18H,3-4,6,9-10H2,1-2H3,(H,19,20). The highest BCUT2D eigenvalue weighted by atomic mass is 19.1. The zero-order chi connectivity index (χ0) is 14.5. The summed E-state index contributed by atoms with van der Waals surface area (Å²) < 4.78 is 13.9. The molecule has 1 aliphatic carbocycles. The van der Waals surface area contributed by atoms with Crippen molar-refractivity contribution >= 4 is 11.6 Å². The van der Waals surface area contributed by atoms with Crippen LogP contribution in [0.15, 0.2) is 18.2 Å². The molecule has 0 saturated heterocycles. The predicted octanol–water partition coefficient (Wildman–Crippen LogP) is 3.57. The van der Waals surface area contributed by atoms with Gasteiger partial charge in [0.1, 0.15) is 5.82 Å². The van der Waals surface area contributed by atoms with Crippen molar-refractivity contribution in [3.05, 3.63) is 29.6 Å². The van der Waals surface area contributed by atoms with Crippen LogP contribution in [-0.4, -0.2) is 18.5 Å². The molecule has 0 radical (unpaired) electrons. The number of hydrogen-bond acceptors (Lipinski definition) is 2. The number of nitrogens with one attached hydrogen (secondary N) is 2. The molecule has 110 valence electrons. The Morgan fingerprint density at radius 2 is 2.20 bits per heavy atom. The summed E-state index contributed by atoms with van der Waals surface area (Å²) in [6.45, 7) is 4.81. The van der Waals surface area contributed by atoms with Crippen LogP contribution in [0.2, 0.25) is 0 Å². The highest BCUT2D eigenvalue weighted by Gasteiger charge is 2.26. The Morgan fingerprint density at radius 3 is 2.85 bits per heavy atom. The highest BCUT2D eigenvalue weighted by Crippen LogP contribution is 2.26. The van der Waals surface area contributed by atoms with E-state index >= 15 is 0 Å². The second-order valence-corrected chi connectivity index (χ2v) is 5.58. The van der Waals surface area contributed by atoms with Crippen molar-refractivity contribution in [1.29, 1.82) is 0 Å². The molecule has 0 heterocycles. The number of rotatable bonds is 5. The minimum Gasteiger partial charge on any atom is -0.382 e. The fourth-order valence-electron chi connectivity index (χ4n) is 2.75. The van der Waals surface area contributed by atoms with Crippen LogP contribution in [0, 0.1) is 11.7 Å². The van der Waals surface area contributed by atoms with Crippen LogP contribution in [0.5, 0.6) is 0 Å². The van der Waals surface area contributed by atoms with Crippen LogP contribution >= 0.6 is 0 Å². The largest absolute Gasteiger partial charge is 0.382 e. The number of hydrogen-bond donors (Lipinski definition) is 2. The maximum atomic E-state index is 13.9. The third kappa shape index (κ3) is 3.30. The quantitative estimate of drug-likeness (QED) is 0.864. The molecule has 0 bridgehead atoms. The van der Waals surface area contributed by atoms with Crippen molar-refractivity contribution in [3.8, 4) is 0 Å². The molecule has 4 heteroatoms. The van der Waals surface area contributed by atoms with Crippen LogP contribution < -0.4 is 10.6 Å². The van der Waals surface area contributed by atoms with Crippen molar-refractivity contribution in [2.24, 2.45) is 5.92 Å². The van der Waals surface area contributed by atoms with Gasteiger partial charge in [0.25, 0.3) is 5.91 Å². The van der Waals surface area contributed by atoms with Crippen molar-refractivity contribution < 1.29 is 9.18 Å². The van der Waals surface area contributed by atoms with E-state index in [2.05, 4.69) is 17.6 Å². The van der Waals surface area contributed by atoms with Crippen molar-refractivity contribution in [1.82, 2.24) is 5.32 Å².